The number of nitrogens with zero attached hydrogens (tertiary/aromatic N) is 4. The minimum Gasteiger partial charge on any atom is -0.497 e. The molecule has 1 N–H and O–H groups in total. The number of nitrogens with one attached hydrogen (secondary N) is 1. The van der Waals surface area contributed by atoms with Gasteiger partial charge in [-0.1, -0.05) is 55.7 Å². The number of carbonyl (C=O) groups excluding carboxylic acids is 1. The van der Waals surface area contributed by atoms with Crippen LogP contribution in [0.2, 0.25) is 0 Å². The van der Waals surface area contributed by atoms with Crippen molar-refractivity contribution in [2.45, 2.75) is 62.9 Å². The van der Waals surface area contributed by atoms with Crippen molar-refractivity contribution in [3.63, 3.8) is 0 Å². The molecule has 0 bridgehead atoms. The lowest BCUT2D eigenvalue weighted by atomic mass is 9.81. The van der Waals surface area contributed by atoms with Gasteiger partial charge < -0.3 is 14.2 Å². The smallest absolute Gasteiger partial charge is 0.303 e. The molecule has 8 rings (SSSR count). The van der Waals surface area contributed by atoms with Gasteiger partial charge in [0.1, 0.15) is 5.75 Å². The van der Waals surface area contributed by atoms with E-state index in [-0.39, 0.29) is 5.41 Å². The SMILES string of the molecule is COc1ccc2c(c1)C1CC1(CN1CCN(C)CC1c1ccccc1)Cn1c-2c(C2CCCCC2)c2ccc(C(=O)NS(=O)(=O)N(C)C)cc21. The highest BCUT2D eigenvalue weighted by molar-refractivity contribution is 7.87. The number of ether oxygens (including phenoxy) is 1. The predicted octanol–water partition coefficient (Wildman–Crippen LogP) is 6.38. The van der Waals surface area contributed by atoms with Crippen LogP contribution in [0.3, 0.4) is 0 Å². The van der Waals surface area contributed by atoms with Gasteiger partial charge in [-0.2, -0.15) is 12.7 Å². The maximum atomic E-state index is 13.5. The molecule has 9 nitrogen and oxygen atoms in total. The number of fused-ring (bicyclic) bond motifs is 7. The molecule has 0 radical (unpaired) electrons. The molecule has 50 heavy (non-hydrogen) atoms. The number of rotatable bonds is 8. The number of aromatic nitrogens is 1. The number of likely N-dealkylation sites (N-methyl/N-ethyl adjacent to an activating group) is 1. The van der Waals surface area contributed by atoms with Gasteiger partial charge in [0.25, 0.3) is 5.91 Å². The third-order valence-corrected chi connectivity index (χ3v) is 13.4. The zero-order valence-corrected chi connectivity index (χ0v) is 30.5. The molecule has 264 valence electrons. The van der Waals surface area contributed by atoms with Gasteiger partial charge in [-0.05, 0) is 85.2 Å². The molecule has 4 aromatic rings. The summed E-state index contributed by atoms with van der Waals surface area (Å²) < 4.78 is 36.9. The first kappa shape index (κ1) is 33.4. The van der Waals surface area contributed by atoms with Gasteiger partial charge in [0.05, 0.1) is 12.8 Å². The third kappa shape index (κ3) is 5.84. The van der Waals surface area contributed by atoms with Crippen LogP contribution in [-0.2, 0) is 16.8 Å². The Hall–Kier alpha value is -3.70. The van der Waals surface area contributed by atoms with E-state index in [0.717, 1.165) is 67.6 Å². The van der Waals surface area contributed by atoms with Crippen molar-refractivity contribution in [2.75, 3.05) is 54.4 Å². The zero-order valence-electron chi connectivity index (χ0n) is 29.7. The van der Waals surface area contributed by atoms with Crippen molar-refractivity contribution in [2.24, 2.45) is 5.41 Å². The lowest BCUT2D eigenvalue weighted by Gasteiger charge is -2.42. The number of methoxy groups -OCH3 is 1. The topological polar surface area (TPSA) is 87.1 Å². The van der Waals surface area contributed by atoms with Gasteiger partial charge in [-0.3, -0.25) is 9.69 Å². The summed E-state index contributed by atoms with van der Waals surface area (Å²) in [5, 5.41) is 1.18. The molecule has 2 aliphatic heterocycles. The van der Waals surface area contributed by atoms with E-state index in [1.54, 1.807) is 13.2 Å². The molecule has 10 heteroatoms. The fourth-order valence-corrected chi connectivity index (χ4v) is 9.79. The minimum atomic E-state index is -3.93. The Morgan fingerprint density at radius 3 is 2.52 bits per heavy atom. The largest absolute Gasteiger partial charge is 0.497 e. The Bertz CT molecular complexity index is 2040. The molecule has 1 aromatic heterocycles. The molecule has 1 amide bonds. The van der Waals surface area contributed by atoms with E-state index < -0.39 is 16.1 Å². The number of hydrogen-bond acceptors (Lipinski definition) is 6. The molecule has 3 aromatic carbocycles. The van der Waals surface area contributed by atoms with Gasteiger partial charge >= 0.3 is 10.2 Å². The van der Waals surface area contributed by atoms with E-state index in [0.29, 0.717) is 23.4 Å². The van der Waals surface area contributed by atoms with Crippen LogP contribution in [0.4, 0.5) is 0 Å². The maximum Gasteiger partial charge on any atom is 0.303 e. The van der Waals surface area contributed by atoms with Gasteiger partial charge in [0, 0.05) is 80.3 Å². The zero-order chi connectivity index (χ0) is 34.8. The normalized spacial score (nSPS) is 24.3. The Morgan fingerprint density at radius 2 is 1.78 bits per heavy atom. The molecule has 2 saturated carbocycles. The minimum absolute atomic E-state index is 0.00236. The Balaban J connectivity index is 1.29. The summed E-state index contributed by atoms with van der Waals surface area (Å²) in [6, 6.07) is 23.7. The van der Waals surface area contributed by atoms with E-state index in [2.05, 4.69) is 80.7 Å². The van der Waals surface area contributed by atoms with Crippen LogP contribution in [0.15, 0.2) is 66.7 Å². The van der Waals surface area contributed by atoms with Crippen molar-refractivity contribution in [1.82, 2.24) is 23.4 Å². The van der Waals surface area contributed by atoms with Crippen LogP contribution in [-0.4, -0.2) is 87.4 Å². The summed E-state index contributed by atoms with van der Waals surface area (Å²) in [4.78, 5) is 18.6. The van der Waals surface area contributed by atoms with Crippen molar-refractivity contribution in [3.05, 3.63) is 89.0 Å². The lowest BCUT2D eigenvalue weighted by Crippen LogP contribution is -2.49. The predicted molar refractivity (Wildman–Crippen MR) is 198 cm³/mol. The number of piperazine rings is 1. The summed E-state index contributed by atoms with van der Waals surface area (Å²) in [6.45, 7) is 4.84. The summed E-state index contributed by atoms with van der Waals surface area (Å²) in [7, 11) is 2.88. The molecule has 3 heterocycles. The molecule has 2 aliphatic carbocycles. The van der Waals surface area contributed by atoms with Crippen LogP contribution in [0.25, 0.3) is 22.2 Å². The Kier molecular flexibility index (Phi) is 8.57. The van der Waals surface area contributed by atoms with Gasteiger partial charge in [0.2, 0.25) is 0 Å². The first-order valence-corrected chi connectivity index (χ1v) is 19.6. The van der Waals surface area contributed by atoms with Gasteiger partial charge in [-0.15, -0.1) is 0 Å². The number of carbonyl (C=O) groups is 1. The molecular formula is C40H49N5O4S. The van der Waals surface area contributed by atoms with Crippen molar-refractivity contribution in [3.8, 4) is 17.0 Å². The first-order chi connectivity index (χ1) is 24.1. The summed E-state index contributed by atoms with van der Waals surface area (Å²) in [6.07, 6.45) is 7.07. The highest BCUT2D eigenvalue weighted by Crippen LogP contribution is 2.66. The lowest BCUT2D eigenvalue weighted by molar-refractivity contribution is 0.0663. The second kappa shape index (κ2) is 12.8. The highest BCUT2D eigenvalue weighted by atomic mass is 32.2. The van der Waals surface area contributed by atoms with Crippen LogP contribution in [0.5, 0.6) is 5.75 Å². The molecular weight excluding hydrogens is 647 g/mol. The van der Waals surface area contributed by atoms with Crippen LogP contribution >= 0.6 is 0 Å². The van der Waals surface area contributed by atoms with E-state index >= 15 is 0 Å². The molecule has 3 atom stereocenters. The second-order valence-electron chi connectivity index (χ2n) is 15.4. The maximum absolute atomic E-state index is 13.5. The fourth-order valence-electron chi connectivity index (χ4n) is 9.26. The quantitative estimate of drug-likeness (QED) is 0.231. The van der Waals surface area contributed by atoms with Crippen molar-refractivity contribution < 1.29 is 17.9 Å². The van der Waals surface area contributed by atoms with Crippen LogP contribution < -0.4 is 9.46 Å². The number of hydrogen-bond donors (Lipinski definition) is 1. The second-order valence-corrected chi connectivity index (χ2v) is 17.2. The standard InChI is InChI=1S/C40H49N5O4S/c1-42(2)50(47,48)41-39(46)29-15-17-32-35(21-29)45-26-40(25-44-20-19-43(3)24-36(44)27-11-7-5-8-12-27)23-34(40)33-22-30(49-4)16-18-31(33)38(45)37(32)28-13-9-6-10-14-28/h5,7-8,11-12,15-18,21-22,28,34,36H,6,9-10,13-14,19-20,23-26H2,1-4H3,(H,41,46). The highest BCUT2D eigenvalue weighted by Gasteiger charge is 2.58. The average molecular weight is 696 g/mol. The van der Waals surface area contributed by atoms with E-state index in [1.807, 2.05) is 6.07 Å². The Morgan fingerprint density at radius 1 is 1.00 bits per heavy atom. The monoisotopic (exact) mass is 695 g/mol. The molecule has 3 fully saturated rings. The summed E-state index contributed by atoms with van der Waals surface area (Å²) >= 11 is 0. The number of benzene rings is 3. The third-order valence-electron chi connectivity index (χ3n) is 12.0. The molecule has 4 aliphatic rings. The van der Waals surface area contributed by atoms with E-state index in [9.17, 15) is 13.2 Å². The van der Waals surface area contributed by atoms with Crippen molar-refractivity contribution in [1.29, 1.82) is 0 Å². The van der Waals surface area contributed by atoms with Gasteiger partial charge in [-0.25, -0.2) is 4.72 Å². The average Bonchev–Trinajstić information content (AvgIpc) is 3.76. The van der Waals surface area contributed by atoms with E-state index in [1.165, 1.54) is 66.7 Å². The summed E-state index contributed by atoms with van der Waals surface area (Å²) in [5.41, 5.74) is 8.01. The first-order valence-electron chi connectivity index (χ1n) is 18.1. The molecule has 1 saturated heterocycles. The van der Waals surface area contributed by atoms with E-state index in [4.69, 9.17) is 4.74 Å². The van der Waals surface area contributed by atoms with Crippen LogP contribution in [0.1, 0.15) is 83.5 Å². The van der Waals surface area contributed by atoms with Gasteiger partial charge in [0.15, 0.2) is 0 Å². The molecule has 3 unspecified atom stereocenters. The number of amides is 1. The van der Waals surface area contributed by atoms with Crippen molar-refractivity contribution >= 4 is 27.0 Å². The summed E-state index contributed by atoms with van der Waals surface area (Å²) in [5.74, 6) is 1.08. The Labute approximate surface area is 296 Å². The fraction of sp³-hybridized carbons (Fsp3) is 0.475. The van der Waals surface area contributed by atoms with Crippen LogP contribution in [0, 0.1) is 5.41 Å². The molecule has 0 spiro atoms.